The third kappa shape index (κ3) is 3.99. The Labute approximate surface area is 180 Å². The molecule has 0 spiro atoms. The van der Waals surface area contributed by atoms with E-state index in [0.717, 1.165) is 32.0 Å². The molecule has 7 heteroatoms. The van der Waals surface area contributed by atoms with Gasteiger partial charge in [-0.15, -0.1) is 16.4 Å². The molecule has 3 heterocycles. The Kier molecular flexibility index (Phi) is 5.54. The molecular formula is C23H24N6S. The van der Waals surface area contributed by atoms with Crippen LogP contribution in [0.1, 0.15) is 22.3 Å². The van der Waals surface area contributed by atoms with E-state index in [1.165, 1.54) is 16.1 Å². The molecule has 0 radical (unpaired) electrons. The van der Waals surface area contributed by atoms with Gasteiger partial charge >= 0.3 is 0 Å². The third-order valence-electron chi connectivity index (χ3n) is 5.61. The summed E-state index contributed by atoms with van der Waals surface area (Å²) in [6.45, 7) is 4.59. The molecule has 2 aromatic carbocycles. The summed E-state index contributed by atoms with van der Waals surface area (Å²) < 4.78 is 1.95. The van der Waals surface area contributed by atoms with E-state index in [4.69, 9.17) is 0 Å². The number of nitrogens with zero attached hydrogens (tertiary/aromatic N) is 6. The number of tetrazole rings is 1. The van der Waals surface area contributed by atoms with E-state index in [9.17, 15) is 0 Å². The molecule has 5 rings (SSSR count). The van der Waals surface area contributed by atoms with E-state index in [1.54, 1.807) is 11.3 Å². The summed E-state index contributed by atoms with van der Waals surface area (Å²) in [5.74, 6) is 0.905. The Bertz CT molecular complexity index is 1040. The highest BCUT2D eigenvalue weighted by molar-refractivity contribution is 7.09. The highest BCUT2D eigenvalue weighted by Crippen LogP contribution is 2.29. The van der Waals surface area contributed by atoms with E-state index in [-0.39, 0.29) is 6.04 Å². The topological polar surface area (TPSA) is 50.1 Å². The molecule has 0 amide bonds. The number of aromatic nitrogens is 4. The molecule has 1 fully saturated rings. The normalized spacial score (nSPS) is 15.9. The van der Waals surface area contributed by atoms with Crippen LogP contribution in [0.3, 0.4) is 0 Å². The Morgan fingerprint density at radius 2 is 1.57 bits per heavy atom. The van der Waals surface area contributed by atoms with E-state index in [0.29, 0.717) is 6.54 Å². The fourth-order valence-electron chi connectivity index (χ4n) is 4.11. The van der Waals surface area contributed by atoms with Crippen LogP contribution in [0.15, 0.2) is 78.2 Å². The molecule has 0 aliphatic carbocycles. The number of hydrogen-bond donors (Lipinski definition) is 0. The van der Waals surface area contributed by atoms with Crippen LogP contribution in [-0.4, -0.2) is 51.3 Å². The second-order valence-corrected chi connectivity index (χ2v) is 8.48. The van der Waals surface area contributed by atoms with Crippen molar-refractivity contribution in [3.05, 3.63) is 94.4 Å². The lowest BCUT2D eigenvalue weighted by atomic mass is 10.0. The van der Waals surface area contributed by atoms with Crippen LogP contribution >= 0.6 is 11.3 Å². The summed E-state index contributed by atoms with van der Waals surface area (Å²) in [5, 5.41) is 14.9. The zero-order chi connectivity index (χ0) is 20.2. The number of piperazine rings is 1. The van der Waals surface area contributed by atoms with Crippen LogP contribution in [-0.2, 0) is 6.54 Å². The van der Waals surface area contributed by atoms with Crippen LogP contribution in [0.2, 0.25) is 0 Å². The van der Waals surface area contributed by atoms with Crippen LogP contribution in [0.5, 0.6) is 0 Å². The quantitative estimate of drug-likeness (QED) is 0.480. The van der Waals surface area contributed by atoms with Gasteiger partial charge in [-0.25, -0.2) is 4.68 Å². The third-order valence-corrected chi connectivity index (χ3v) is 6.47. The molecule has 4 aromatic rings. The smallest absolute Gasteiger partial charge is 0.173 e. The number of benzene rings is 2. The van der Waals surface area contributed by atoms with Crippen LogP contribution < -0.4 is 4.90 Å². The Morgan fingerprint density at radius 1 is 0.833 bits per heavy atom. The van der Waals surface area contributed by atoms with Crippen molar-refractivity contribution in [2.24, 2.45) is 0 Å². The molecule has 1 aliphatic rings. The minimum Gasteiger partial charge on any atom is -0.369 e. The predicted molar refractivity (Wildman–Crippen MR) is 120 cm³/mol. The molecule has 30 heavy (non-hydrogen) atoms. The van der Waals surface area contributed by atoms with Crippen LogP contribution in [0, 0.1) is 0 Å². The van der Waals surface area contributed by atoms with Gasteiger partial charge in [0.2, 0.25) is 0 Å². The monoisotopic (exact) mass is 416 g/mol. The summed E-state index contributed by atoms with van der Waals surface area (Å²) in [6.07, 6.45) is 0. The average molecular weight is 417 g/mol. The van der Waals surface area contributed by atoms with Gasteiger partial charge in [0.1, 0.15) is 0 Å². The van der Waals surface area contributed by atoms with Gasteiger partial charge < -0.3 is 4.90 Å². The highest BCUT2D eigenvalue weighted by Gasteiger charge is 2.30. The minimum atomic E-state index is 0.0408. The van der Waals surface area contributed by atoms with E-state index < -0.39 is 0 Å². The molecule has 1 atom stereocenters. The van der Waals surface area contributed by atoms with Crippen LogP contribution in [0.4, 0.5) is 5.69 Å². The number of rotatable bonds is 6. The SMILES string of the molecule is c1ccc([C@@H](c2nnnn2Cc2cccs2)N2CCN(c3ccccc3)CC2)cc1. The summed E-state index contributed by atoms with van der Waals surface area (Å²) in [7, 11) is 0. The molecule has 6 nitrogen and oxygen atoms in total. The van der Waals surface area contributed by atoms with E-state index >= 15 is 0 Å². The molecule has 0 bridgehead atoms. The zero-order valence-electron chi connectivity index (χ0n) is 16.7. The Hall–Kier alpha value is -3.03. The fourth-order valence-corrected chi connectivity index (χ4v) is 4.79. The molecule has 2 aromatic heterocycles. The van der Waals surface area contributed by atoms with Gasteiger partial charge in [0.05, 0.1) is 12.6 Å². The van der Waals surface area contributed by atoms with Gasteiger partial charge in [-0.05, 0) is 39.6 Å². The first-order valence-electron chi connectivity index (χ1n) is 10.3. The molecule has 1 aliphatic heterocycles. The lowest BCUT2D eigenvalue weighted by Gasteiger charge is -2.39. The van der Waals surface area contributed by atoms with Crippen molar-refractivity contribution in [2.75, 3.05) is 31.1 Å². The second-order valence-electron chi connectivity index (χ2n) is 7.45. The average Bonchev–Trinajstić information content (AvgIpc) is 3.49. The maximum absolute atomic E-state index is 4.48. The first-order chi connectivity index (χ1) is 14.9. The van der Waals surface area contributed by atoms with Crippen molar-refractivity contribution >= 4 is 17.0 Å². The van der Waals surface area contributed by atoms with Crippen molar-refractivity contribution in [3.63, 3.8) is 0 Å². The maximum atomic E-state index is 4.48. The number of hydrogen-bond acceptors (Lipinski definition) is 6. The number of para-hydroxylation sites is 1. The zero-order valence-corrected chi connectivity index (χ0v) is 17.5. The molecular weight excluding hydrogens is 392 g/mol. The van der Waals surface area contributed by atoms with E-state index in [2.05, 4.69) is 104 Å². The van der Waals surface area contributed by atoms with E-state index in [1.807, 2.05) is 4.68 Å². The molecule has 1 saturated heterocycles. The number of anilines is 1. The maximum Gasteiger partial charge on any atom is 0.173 e. The first kappa shape index (κ1) is 19.0. The molecule has 152 valence electrons. The standard InChI is InChI=1S/C23H24N6S/c1-3-8-19(9-4-1)22(23-24-25-26-29(23)18-21-12-7-17-30-21)28-15-13-27(14-16-28)20-10-5-2-6-11-20/h1-12,17,22H,13-16,18H2/t22-/m0/s1. The largest absolute Gasteiger partial charge is 0.369 e. The van der Waals surface area contributed by atoms with Crippen LogP contribution in [0.25, 0.3) is 0 Å². The minimum absolute atomic E-state index is 0.0408. The predicted octanol–water partition coefficient (Wildman–Crippen LogP) is 3.69. The van der Waals surface area contributed by atoms with Gasteiger partial charge in [-0.2, -0.15) is 0 Å². The molecule has 0 saturated carbocycles. The highest BCUT2D eigenvalue weighted by atomic mass is 32.1. The van der Waals surface area contributed by atoms with Crippen molar-refractivity contribution in [1.29, 1.82) is 0 Å². The number of thiophene rings is 1. The lowest BCUT2D eigenvalue weighted by molar-refractivity contribution is 0.201. The first-order valence-corrected chi connectivity index (χ1v) is 11.1. The fraction of sp³-hybridized carbons (Fsp3) is 0.261. The van der Waals surface area contributed by atoms with Gasteiger partial charge in [0.15, 0.2) is 5.82 Å². The van der Waals surface area contributed by atoms with Crippen molar-refractivity contribution in [2.45, 2.75) is 12.6 Å². The molecule has 0 N–H and O–H groups in total. The second kappa shape index (κ2) is 8.77. The summed E-state index contributed by atoms with van der Waals surface area (Å²) in [6, 6.07) is 25.5. The lowest BCUT2D eigenvalue weighted by Crippen LogP contribution is -2.48. The van der Waals surface area contributed by atoms with Gasteiger partial charge in [-0.1, -0.05) is 54.6 Å². The van der Waals surface area contributed by atoms with Gasteiger partial charge in [0.25, 0.3) is 0 Å². The summed E-state index contributed by atoms with van der Waals surface area (Å²) in [4.78, 5) is 6.21. The van der Waals surface area contributed by atoms with Gasteiger partial charge in [-0.3, -0.25) is 4.90 Å². The van der Waals surface area contributed by atoms with Crippen molar-refractivity contribution < 1.29 is 0 Å². The Morgan fingerprint density at radius 3 is 2.27 bits per heavy atom. The Balaban J connectivity index is 1.41. The van der Waals surface area contributed by atoms with Crippen molar-refractivity contribution in [1.82, 2.24) is 25.1 Å². The van der Waals surface area contributed by atoms with Crippen molar-refractivity contribution in [3.8, 4) is 0 Å². The molecule has 0 unspecified atom stereocenters. The summed E-state index contributed by atoms with van der Waals surface area (Å²) in [5.41, 5.74) is 2.52. The summed E-state index contributed by atoms with van der Waals surface area (Å²) >= 11 is 1.73. The van der Waals surface area contributed by atoms with Gasteiger partial charge in [0, 0.05) is 36.7 Å².